The molecule has 0 aromatic heterocycles. The van der Waals surface area contributed by atoms with Gasteiger partial charge in [0.15, 0.2) is 5.11 Å². The summed E-state index contributed by atoms with van der Waals surface area (Å²) in [6.07, 6.45) is 1.53. The van der Waals surface area contributed by atoms with E-state index in [4.69, 9.17) is 26.4 Å². The van der Waals surface area contributed by atoms with E-state index >= 15 is 0 Å². The predicted molar refractivity (Wildman–Crippen MR) is 126 cm³/mol. The number of methoxy groups -OCH3 is 3. The van der Waals surface area contributed by atoms with E-state index in [1.807, 2.05) is 30.3 Å². The predicted octanol–water partition coefficient (Wildman–Crippen LogP) is 3.70. The number of nitrogens with zero attached hydrogens (tertiary/aromatic N) is 1. The van der Waals surface area contributed by atoms with Crippen LogP contribution in [-0.2, 0) is 9.59 Å². The molecule has 3 aromatic carbocycles. The SMILES string of the molecule is COc1ccc(N2C(=O)/C(=C\c3c(OC)ccc4ccccc34)C(=O)NC2=S)c(OC)c1. The topological polar surface area (TPSA) is 77.1 Å². The molecule has 1 N–H and O–H groups in total. The summed E-state index contributed by atoms with van der Waals surface area (Å²) in [6.45, 7) is 0. The molecule has 4 rings (SSSR count). The van der Waals surface area contributed by atoms with Crippen LogP contribution in [0.4, 0.5) is 5.69 Å². The third-order valence-electron chi connectivity index (χ3n) is 5.17. The average molecular weight is 449 g/mol. The van der Waals surface area contributed by atoms with Gasteiger partial charge in [0.2, 0.25) is 0 Å². The van der Waals surface area contributed by atoms with Crippen molar-refractivity contribution in [2.45, 2.75) is 0 Å². The highest BCUT2D eigenvalue weighted by Gasteiger charge is 2.36. The van der Waals surface area contributed by atoms with Gasteiger partial charge in [-0.1, -0.05) is 30.3 Å². The molecule has 0 spiro atoms. The lowest BCUT2D eigenvalue weighted by Crippen LogP contribution is -2.54. The second-order valence-electron chi connectivity index (χ2n) is 6.90. The van der Waals surface area contributed by atoms with Crippen LogP contribution >= 0.6 is 12.2 Å². The number of carbonyl (C=O) groups is 2. The minimum atomic E-state index is -0.585. The fourth-order valence-corrected chi connectivity index (χ4v) is 3.87. The Morgan fingerprint density at radius 3 is 2.38 bits per heavy atom. The van der Waals surface area contributed by atoms with Gasteiger partial charge in [-0.2, -0.15) is 0 Å². The van der Waals surface area contributed by atoms with E-state index in [1.165, 1.54) is 25.2 Å². The molecule has 1 saturated heterocycles. The summed E-state index contributed by atoms with van der Waals surface area (Å²) < 4.78 is 16.2. The lowest BCUT2D eigenvalue weighted by atomic mass is 9.99. The zero-order chi connectivity index (χ0) is 22.8. The van der Waals surface area contributed by atoms with E-state index in [1.54, 1.807) is 31.4 Å². The summed E-state index contributed by atoms with van der Waals surface area (Å²) in [5, 5.41) is 4.36. The Kier molecular flexibility index (Phi) is 5.79. The smallest absolute Gasteiger partial charge is 0.270 e. The van der Waals surface area contributed by atoms with E-state index < -0.39 is 11.8 Å². The first-order valence-corrected chi connectivity index (χ1v) is 10.1. The molecule has 0 unspecified atom stereocenters. The molecule has 0 aliphatic carbocycles. The van der Waals surface area contributed by atoms with Crippen molar-refractivity contribution in [3.8, 4) is 17.2 Å². The average Bonchev–Trinajstić information content (AvgIpc) is 2.81. The molecule has 0 saturated carbocycles. The molecule has 0 bridgehead atoms. The number of hydrogen-bond acceptors (Lipinski definition) is 6. The van der Waals surface area contributed by atoms with Crippen molar-refractivity contribution in [2.24, 2.45) is 0 Å². The zero-order valence-electron chi connectivity index (χ0n) is 17.7. The number of hydrogen-bond donors (Lipinski definition) is 1. The Bertz CT molecular complexity index is 1280. The van der Waals surface area contributed by atoms with Crippen molar-refractivity contribution in [3.05, 3.63) is 65.7 Å². The minimum absolute atomic E-state index is 0.0366. The summed E-state index contributed by atoms with van der Waals surface area (Å²) in [5.41, 5.74) is 0.934. The quantitative estimate of drug-likeness (QED) is 0.364. The highest BCUT2D eigenvalue weighted by molar-refractivity contribution is 7.80. The Morgan fingerprint density at radius 2 is 1.66 bits per heavy atom. The maximum Gasteiger partial charge on any atom is 0.270 e. The molecule has 162 valence electrons. The third-order valence-corrected chi connectivity index (χ3v) is 5.45. The Morgan fingerprint density at radius 1 is 0.906 bits per heavy atom. The lowest BCUT2D eigenvalue weighted by Gasteiger charge is -2.30. The van der Waals surface area contributed by atoms with Gasteiger partial charge in [0.1, 0.15) is 22.8 Å². The first-order chi connectivity index (χ1) is 15.5. The van der Waals surface area contributed by atoms with Gasteiger partial charge in [0.25, 0.3) is 11.8 Å². The standard InChI is InChI=1S/C24H20N2O5S/c1-29-15-9-10-19(21(12-15)31-3)26-23(28)18(22(27)25-24(26)32)13-17-16-7-5-4-6-14(16)8-11-20(17)30-2/h4-13H,1-3H3,(H,25,27,32)/b18-13-. The van der Waals surface area contributed by atoms with Gasteiger partial charge in [0.05, 0.1) is 27.0 Å². The summed E-state index contributed by atoms with van der Waals surface area (Å²) in [5.74, 6) is 0.314. The van der Waals surface area contributed by atoms with E-state index in [9.17, 15) is 9.59 Å². The molecule has 32 heavy (non-hydrogen) atoms. The van der Waals surface area contributed by atoms with E-state index in [-0.39, 0.29) is 10.7 Å². The summed E-state index contributed by atoms with van der Waals surface area (Å²) in [4.78, 5) is 27.5. The molecule has 0 atom stereocenters. The number of rotatable bonds is 5. The van der Waals surface area contributed by atoms with Crippen LogP contribution in [0.3, 0.4) is 0 Å². The maximum atomic E-state index is 13.5. The molecule has 1 aliphatic rings. The number of amides is 2. The molecule has 1 heterocycles. The van der Waals surface area contributed by atoms with Crippen LogP contribution in [0.25, 0.3) is 16.8 Å². The first-order valence-electron chi connectivity index (χ1n) is 9.67. The zero-order valence-corrected chi connectivity index (χ0v) is 18.5. The molecular weight excluding hydrogens is 428 g/mol. The maximum absolute atomic E-state index is 13.5. The normalized spacial score (nSPS) is 15.2. The number of nitrogens with one attached hydrogen (secondary N) is 1. The molecular formula is C24H20N2O5S. The Labute approximate surface area is 190 Å². The van der Waals surface area contributed by atoms with Crippen molar-refractivity contribution in [3.63, 3.8) is 0 Å². The largest absolute Gasteiger partial charge is 0.497 e. The summed E-state index contributed by atoms with van der Waals surface area (Å²) >= 11 is 5.31. The monoisotopic (exact) mass is 448 g/mol. The van der Waals surface area contributed by atoms with Crippen LogP contribution < -0.4 is 24.4 Å². The number of benzene rings is 3. The second-order valence-corrected chi connectivity index (χ2v) is 7.28. The van der Waals surface area contributed by atoms with Crippen molar-refractivity contribution in [1.82, 2.24) is 5.32 Å². The van der Waals surface area contributed by atoms with E-state index in [0.717, 1.165) is 10.8 Å². The van der Waals surface area contributed by atoms with Crippen molar-refractivity contribution < 1.29 is 23.8 Å². The highest BCUT2D eigenvalue weighted by Crippen LogP contribution is 2.35. The summed E-state index contributed by atoms with van der Waals surface area (Å²) in [6, 6.07) is 16.3. The summed E-state index contributed by atoms with van der Waals surface area (Å²) in [7, 11) is 4.55. The van der Waals surface area contributed by atoms with Crippen LogP contribution in [0.2, 0.25) is 0 Å². The van der Waals surface area contributed by atoms with Gasteiger partial charge < -0.3 is 14.2 Å². The number of ether oxygens (including phenoxy) is 3. The van der Waals surface area contributed by atoms with E-state index in [2.05, 4.69) is 5.32 Å². The fraction of sp³-hybridized carbons (Fsp3) is 0.125. The van der Waals surface area contributed by atoms with Gasteiger partial charge in [0, 0.05) is 11.6 Å². The first kappa shape index (κ1) is 21.3. The minimum Gasteiger partial charge on any atom is -0.497 e. The van der Waals surface area contributed by atoms with Crippen LogP contribution in [0, 0.1) is 0 Å². The number of fused-ring (bicyclic) bond motifs is 1. The number of thiocarbonyl (C=S) groups is 1. The van der Waals surface area contributed by atoms with Gasteiger partial charge in [-0.3, -0.25) is 14.9 Å². The number of anilines is 1. The fourth-order valence-electron chi connectivity index (χ4n) is 3.59. The van der Waals surface area contributed by atoms with Crippen molar-refractivity contribution in [2.75, 3.05) is 26.2 Å². The molecule has 1 aliphatic heterocycles. The Hall–Kier alpha value is -3.91. The number of carbonyl (C=O) groups excluding carboxylic acids is 2. The van der Waals surface area contributed by atoms with Crippen LogP contribution in [-0.4, -0.2) is 38.3 Å². The van der Waals surface area contributed by atoms with Crippen LogP contribution in [0.1, 0.15) is 5.56 Å². The lowest BCUT2D eigenvalue weighted by molar-refractivity contribution is -0.122. The Balaban J connectivity index is 1.86. The molecule has 2 amide bonds. The van der Waals surface area contributed by atoms with Crippen LogP contribution in [0.15, 0.2) is 60.2 Å². The molecule has 8 heteroatoms. The second kappa shape index (κ2) is 8.68. The van der Waals surface area contributed by atoms with Crippen molar-refractivity contribution in [1.29, 1.82) is 0 Å². The molecule has 3 aromatic rings. The molecule has 7 nitrogen and oxygen atoms in total. The van der Waals surface area contributed by atoms with Crippen LogP contribution in [0.5, 0.6) is 17.2 Å². The highest BCUT2D eigenvalue weighted by atomic mass is 32.1. The molecule has 1 fully saturated rings. The van der Waals surface area contributed by atoms with Gasteiger partial charge in [-0.05, 0) is 47.3 Å². The van der Waals surface area contributed by atoms with Gasteiger partial charge in [-0.25, -0.2) is 4.90 Å². The molecule has 0 radical (unpaired) electrons. The van der Waals surface area contributed by atoms with Crippen molar-refractivity contribution >= 4 is 51.7 Å². The van der Waals surface area contributed by atoms with E-state index in [0.29, 0.717) is 28.5 Å². The van der Waals surface area contributed by atoms with Gasteiger partial charge in [-0.15, -0.1) is 0 Å². The van der Waals surface area contributed by atoms with Gasteiger partial charge >= 0.3 is 0 Å². The third kappa shape index (κ3) is 3.65.